The van der Waals surface area contributed by atoms with Gasteiger partial charge in [0.1, 0.15) is 11.4 Å². The van der Waals surface area contributed by atoms with Crippen molar-refractivity contribution in [3.05, 3.63) is 50.6 Å². The Morgan fingerprint density at radius 1 is 1.38 bits per heavy atom. The van der Waals surface area contributed by atoms with Crippen molar-refractivity contribution in [2.75, 3.05) is 19.0 Å². The molecule has 1 amide bonds. The van der Waals surface area contributed by atoms with Gasteiger partial charge in [0, 0.05) is 16.7 Å². The molecule has 0 aliphatic rings. The number of benzene rings is 1. The number of pyridine rings is 1. The molecule has 0 spiro atoms. The van der Waals surface area contributed by atoms with Gasteiger partial charge in [-0.25, -0.2) is 4.98 Å². The molecule has 0 fully saturated rings. The lowest BCUT2D eigenvalue weighted by Crippen LogP contribution is -2.15. The number of halogens is 1. The second-order valence-electron chi connectivity index (χ2n) is 4.53. The van der Waals surface area contributed by atoms with Crippen molar-refractivity contribution in [2.45, 2.75) is 6.92 Å². The standard InChI is InChI=1S/C15H14BrN3O5/c1-3-24-13-6-10(11(19(21)22)7-12(13)23-2)15(20)18-14-5-4-9(16)8-17-14/h4-8H,3H2,1-2H3,(H,17,18,20). The minimum absolute atomic E-state index is 0.144. The van der Waals surface area contributed by atoms with Gasteiger partial charge in [0.2, 0.25) is 0 Å². The lowest BCUT2D eigenvalue weighted by Gasteiger charge is -2.12. The zero-order chi connectivity index (χ0) is 17.7. The van der Waals surface area contributed by atoms with Gasteiger partial charge >= 0.3 is 0 Å². The second kappa shape index (κ2) is 7.73. The van der Waals surface area contributed by atoms with Crippen molar-refractivity contribution in [1.82, 2.24) is 4.98 Å². The van der Waals surface area contributed by atoms with Crippen molar-refractivity contribution in [2.24, 2.45) is 0 Å². The molecule has 0 bridgehead atoms. The van der Waals surface area contributed by atoms with Crippen LogP contribution >= 0.6 is 15.9 Å². The highest BCUT2D eigenvalue weighted by Crippen LogP contribution is 2.35. The average molecular weight is 396 g/mol. The Labute approximate surface area is 146 Å². The Morgan fingerprint density at radius 2 is 2.12 bits per heavy atom. The molecule has 0 radical (unpaired) electrons. The average Bonchev–Trinajstić information content (AvgIpc) is 2.56. The SMILES string of the molecule is CCOc1cc(C(=O)Nc2ccc(Br)cn2)c([N+](=O)[O-])cc1OC. The van der Waals surface area contributed by atoms with Gasteiger partial charge in [-0.2, -0.15) is 0 Å². The van der Waals surface area contributed by atoms with Crippen LogP contribution in [0.4, 0.5) is 11.5 Å². The Bertz CT molecular complexity index is 764. The zero-order valence-electron chi connectivity index (χ0n) is 12.9. The summed E-state index contributed by atoms with van der Waals surface area (Å²) >= 11 is 3.23. The maximum Gasteiger partial charge on any atom is 0.286 e. The van der Waals surface area contributed by atoms with E-state index in [9.17, 15) is 14.9 Å². The quantitative estimate of drug-likeness (QED) is 0.593. The Balaban J connectivity index is 2.42. The molecule has 1 aromatic heterocycles. The molecular formula is C15H14BrN3O5. The zero-order valence-corrected chi connectivity index (χ0v) is 14.5. The van der Waals surface area contributed by atoms with Crippen molar-refractivity contribution in [3.63, 3.8) is 0 Å². The Kier molecular flexibility index (Phi) is 5.69. The third-order valence-electron chi connectivity index (χ3n) is 2.99. The molecule has 0 unspecified atom stereocenters. The number of rotatable bonds is 6. The molecule has 0 saturated carbocycles. The van der Waals surface area contributed by atoms with E-state index in [0.717, 1.165) is 10.5 Å². The van der Waals surface area contributed by atoms with E-state index in [0.29, 0.717) is 6.61 Å². The summed E-state index contributed by atoms with van der Waals surface area (Å²) < 4.78 is 11.2. The third kappa shape index (κ3) is 3.99. The second-order valence-corrected chi connectivity index (χ2v) is 5.44. The fraction of sp³-hybridized carbons (Fsp3) is 0.200. The molecule has 1 N–H and O–H groups in total. The fourth-order valence-electron chi connectivity index (χ4n) is 1.94. The van der Waals surface area contributed by atoms with Gasteiger partial charge in [0.15, 0.2) is 11.5 Å². The van der Waals surface area contributed by atoms with E-state index < -0.39 is 10.8 Å². The third-order valence-corrected chi connectivity index (χ3v) is 3.46. The monoisotopic (exact) mass is 395 g/mol. The molecular weight excluding hydrogens is 382 g/mol. The minimum atomic E-state index is -0.667. The summed E-state index contributed by atoms with van der Waals surface area (Å²) in [5, 5.41) is 13.8. The molecule has 0 aliphatic heterocycles. The summed E-state index contributed by atoms with van der Waals surface area (Å²) in [5.74, 6) is 0.0350. The number of methoxy groups -OCH3 is 1. The van der Waals surface area contributed by atoms with Gasteiger partial charge in [-0.1, -0.05) is 0 Å². The summed E-state index contributed by atoms with van der Waals surface area (Å²) in [5.41, 5.74) is -0.529. The molecule has 2 rings (SSSR count). The molecule has 9 heteroatoms. The first kappa shape index (κ1) is 17.7. The largest absolute Gasteiger partial charge is 0.493 e. The smallest absolute Gasteiger partial charge is 0.286 e. The number of ether oxygens (including phenoxy) is 2. The van der Waals surface area contributed by atoms with Gasteiger partial charge in [0.05, 0.1) is 24.7 Å². The van der Waals surface area contributed by atoms with Crippen LogP contribution in [-0.4, -0.2) is 29.5 Å². The predicted molar refractivity (Wildman–Crippen MR) is 90.7 cm³/mol. The van der Waals surface area contributed by atoms with E-state index in [1.807, 2.05) is 0 Å². The maximum absolute atomic E-state index is 12.4. The summed E-state index contributed by atoms with van der Waals surface area (Å²) in [4.78, 5) is 27.0. The van der Waals surface area contributed by atoms with E-state index in [-0.39, 0.29) is 28.6 Å². The van der Waals surface area contributed by atoms with Gasteiger partial charge in [-0.15, -0.1) is 0 Å². The number of amides is 1. The van der Waals surface area contributed by atoms with Crippen LogP contribution in [0, 0.1) is 10.1 Å². The van der Waals surface area contributed by atoms with Crippen molar-refractivity contribution >= 4 is 33.3 Å². The first-order valence-corrected chi connectivity index (χ1v) is 7.67. The highest BCUT2D eigenvalue weighted by molar-refractivity contribution is 9.10. The molecule has 2 aromatic rings. The summed E-state index contributed by atoms with van der Waals surface area (Å²) in [6.45, 7) is 2.08. The molecule has 1 aromatic carbocycles. The van der Waals surface area contributed by atoms with Crippen LogP contribution in [0.2, 0.25) is 0 Å². The van der Waals surface area contributed by atoms with Gasteiger partial charge in [0.25, 0.3) is 11.6 Å². The molecule has 0 aliphatic carbocycles. The molecule has 0 atom stereocenters. The van der Waals surface area contributed by atoms with Gasteiger partial charge < -0.3 is 14.8 Å². The summed E-state index contributed by atoms with van der Waals surface area (Å²) in [7, 11) is 1.37. The van der Waals surface area contributed by atoms with E-state index in [1.54, 1.807) is 19.1 Å². The number of nitrogens with zero attached hydrogens (tertiary/aromatic N) is 2. The van der Waals surface area contributed by atoms with Crippen LogP contribution in [0.3, 0.4) is 0 Å². The van der Waals surface area contributed by atoms with E-state index in [1.165, 1.54) is 19.4 Å². The van der Waals surface area contributed by atoms with Crippen molar-refractivity contribution < 1.29 is 19.2 Å². The molecule has 0 saturated heterocycles. The van der Waals surface area contributed by atoms with Gasteiger partial charge in [-0.3, -0.25) is 14.9 Å². The van der Waals surface area contributed by atoms with Crippen molar-refractivity contribution in [3.8, 4) is 11.5 Å². The Hall–Kier alpha value is -2.68. The normalized spacial score (nSPS) is 10.1. The molecule has 1 heterocycles. The lowest BCUT2D eigenvalue weighted by molar-refractivity contribution is -0.385. The van der Waals surface area contributed by atoms with Gasteiger partial charge in [-0.05, 0) is 35.0 Å². The molecule has 8 nitrogen and oxygen atoms in total. The number of nitro groups is 1. The van der Waals surface area contributed by atoms with Crippen LogP contribution < -0.4 is 14.8 Å². The number of nitrogens with one attached hydrogen (secondary N) is 1. The number of aromatic nitrogens is 1. The number of carbonyl (C=O) groups excluding carboxylic acids is 1. The highest BCUT2D eigenvalue weighted by atomic mass is 79.9. The first-order chi connectivity index (χ1) is 11.5. The maximum atomic E-state index is 12.4. The first-order valence-electron chi connectivity index (χ1n) is 6.88. The fourth-order valence-corrected chi connectivity index (χ4v) is 2.18. The van der Waals surface area contributed by atoms with Crippen LogP contribution in [0.15, 0.2) is 34.9 Å². The topological polar surface area (TPSA) is 104 Å². The van der Waals surface area contributed by atoms with Crippen LogP contribution in [0.25, 0.3) is 0 Å². The summed E-state index contributed by atoms with van der Waals surface area (Å²) in [6.07, 6.45) is 1.50. The van der Waals surface area contributed by atoms with Crippen molar-refractivity contribution in [1.29, 1.82) is 0 Å². The number of hydrogen-bond donors (Lipinski definition) is 1. The van der Waals surface area contributed by atoms with E-state index in [4.69, 9.17) is 9.47 Å². The van der Waals surface area contributed by atoms with E-state index >= 15 is 0 Å². The number of nitro benzene ring substituents is 1. The van der Waals surface area contributed by atoms with Crippen LogP contribution in [0.1, 0.15) is 17.3 Å². The number of carbonyl (C=O) groups is 1. The Morgan fingerprint density at radius 3 is 2.67 bits per heavy atom. The predicted octanol–water partition coefficient (Wildman–Crippen LogP) is 3.41. The minimum Gasteiger partial charge on any atom is -0.493 e. The van der Waals surface area contributed by atoms with Crippen LogP contribution in [-0.2, 0) is 0 Å². The lowest BCUT2D eigenvalue weighted by atomic mass is 10.1. The number of hydrogen-bond acceptors (Lipinski definition) is 6. The molecule has 24 heavy (non-hydrogen) atoms. The summed E-state index contributed by atoms with van der Waals surface area (Å²) in [6, 6.07) is 5.71. The van der Waals surface area contributed by atoms with E-state index in [2.05, 4.69) is 26.2 Å². The molecule has 126 valence electrons. The number of anilines is 1. The highest BCUT2D eigenvalue weighted by Gasteiger charge is 2.25. The van der Waals surface area contributed by atoms with Crippen LogP contribution in [0.5, 0.6) is 11.5 Å².